The standard InChI is InChI=1S/C14H20N2O/c1-10-9-11(7-8-13(10)15-2)14(17)16-12-5-3-4-6-12/h7-9,12,15H,3-6H2,1-2H3,(H,16,17). The molecule has 17 heavy (non-hydrogen) atoms. The van der Waals surface area contributed by atoms with Gasteiger partial charge in [-0.1, -0.05) is 12.8 Å². The van der Waals surface area contributed by atoms with Crippen LogP contribution in [0.1, 0.15) is 41.6 Å². The number of amides is 1. The molecule has 1 aromatic carbocycles. The highest BCUT2D eigenvalue weighted by atomic mass is 16.1. The van der Waals surface area contributed by atoms with Gasteiger partial charge in [-0.05, 0) is 43.5 Å². The van der Waals surface area contributed by atoms with Crippen LogP contribution in [0.2, 0.25) is 0 Å². The van der Waals surface area contributed by atoms with Gasteiger partial charge in [0.2, 0.25) is 0 Å². The molecule has 3 nitrogen and oxygen atoms in total. The van der Waals surface area contributed by atoms with Crippen molar-refractivity contribution in [3.63, 3.8) is 0 Å². The highest BCUT2D eigenvalue weighted by Gasteiger charge is 2.18. The Bertz CT molecular complexity index is 409. The second-order valence-electron chi connectivity index (χ2n) is 4.73. The maximum atomic E-state index is 12.0. The maximum absolute atomic E-state index is 12.0. The van der Waals surface area contributed by atoms with Gasteiger partial charge in [0.1, 0.15) is 0 Å². The normalized spacial score (nSPS) is 15.9. The Morgan fingerprint density at radius 2 is 2.00 bits per heavy atom. The van der Waals surface area contributed by atoms with Gasteiger partial charge in [0.15, 0.2) is 0 Å². The first-order chi connectivity index (χ1) is 8.20. The van der Waals surface area contributed by atoms with Crippen molar-refractivity contribution in [1.82, 2.24) is 5.32 Å². The number of hydrogen-bond donors (Lipinski definition) is 2. The summed E-state index contributed by atoms with van der Waals surface area (Å²) in [5.41, 5.74) is 2.93. The average molecular weight is 232 g/mol. The van der Waals surface area contributed by atoms with E-state index in [-0.39, 0.29) is 5.91 Å². The molecule has 1 amide bonds. The first kappa shape index (κ1) is 12.0. The lowest BCUT2D eigenvalue weighted by atomic mass is 10.1. The number of hydrogen-bond acceptors (Lipinski definition) is 2. The van der Waals surface area contributed by atoms with Gasteiger partial charge in [-0.3, -0.25) is 4.79 Å². The van der Waals surface area contributed by atoms with Gasteiger partial charge in [-0.25, -0.2) is 0 Å². The zero-order valence-electron chi connectivity index (χ0n) is 10.5. The molecule has 0 spiro atoms. The third-order valence-corrected chi connectivity index (χ3v) is 3.45. The van der Waals surface area contributed by atoms with Crippen LogP contribution in [-0.4, -0.2) is 19.0 Å². The summed E-state index contributed by atoms with van der Waals surface area (Å²) >= 11 is 0. The van der Waals surface area contributed by atoms with Crippen LogP contribution in [0.5, 0.6) is 0 Å². The molecule has 0 aromatic heterocycles. The lowest BCUT2D eigenvalue weighted by Crippen LogP contribution is -2.32. The summed E-state index contributed by atoms with van der Waals surface area (Å²) in [4.78, 5) is 12.0. The smallest absolute Gasteiger partial charge is 0.251 e. The molecule has 0 radical (unpaired) electrons. The lowest BCUT2D eigenvalue weighted by Gasteiger charge is -2.13. The molecule has 1 aliphatic carbocycles. The number of nitrogens with one attached hydrogen (secondary N) is 2. The van der Waals surface area contributed by atoms with Crippen LogP contribution in [0.25, 0.3) is 0 Å². The Balaban J connectivity index is 2.05. The molecule has 0 unspecified atom stereocenters. The molecule has 1 saturated carbocycles. The molecule has 0 heterocycles. The molecule has 0 atom stereocenters. The minimum absolute atomic E-state index is 0.0580. The van der Waals surface area contributed by atoms with Crippen molar-refractivity contribution >= 4 is 11.6 Å². The van der Waals surface area contributed by atoms with Crippen molar-refractivity contribution < 1.29 is 4.79 Å². The van der Waals surface area contributed by atoms with Crippen LogP contribution in [-0.2, 0) is 0 Å². The zero-order valence-corrected chi connectivity index (χ0v) is 10.5. The van der Waals surface area contributed by atoms with Crippen molar-refractivity contribution in [1.29, 1.82) is 0 Å². The van der Waals surface area contributed by atoms with E-state index in [1.165, 1.54) is 12.8 Å². The topological polar surface area (TPSA) is 41.1 Å². The molecule has 1 aliphatic rings. The number of benzene rings is 1. The number of rotatable bonds is 3. The first-order valence-electron chi connectivity index (χ1n) is 6.30. The number of anilines is 1. The van der Waals surface area contributed by atoms with Gasteiger partial charge in [0, 0.05) is 24.3 Å². The fourth-order valence-corrected chi connectivity index (χ4v) is 2.42. The molecule has 92 valence electrons. The van der Waals surface area contributed by atoms with Crippen molar-refractivity contribution in [3.8, 4) is 0 Å². The third-order valence-electron chi connectivity index (χ3n) is 3.45. The molecular weight excluding hydrogens is 212 g/mol. The summed E-state index contributed by atoms with van der Waals surface area (Å²) in [5.74, 6) is 0.0580. The zero-order chi connectivity index (χ0) is 12.3. The molecule has 3 heteroatoms. The monoisotopic (exact) mass is 232 g/mol. The summed E-state index contributed by atoms with van der Waals surface area (Å²) in [6, 6.07) is 6.16. The number of carbonyl (C=O) groups is 1. The summed E-state index contributed by atoms with van der Waals surface area (Å²) < 4.78 is 0. The Kier molecular flexibility index (Phi) is 3.67. The van der Waals surface area contributed by atoms with E-state index in [4.69, 9.17) is 0 Å². The summed E-state index contributed by atoms with van der Waals surface area (Å²) in [7, 11) is 1.89. The summed E-state index contributed by atoms with van der Waals surface area (Å²) in [5, 5.41) is 6.20. The molecule has 1 aromatic rings. The van der Waals surface area contributed by atoms with E-state index in [0.29, 0.717) is 6.04 Å². The second-order valence-corrected chi connectivity index (χ2v) is 4.73. The number of aryl methyl sites for hydroxylation is 1. The van der Waals surface area contributed by atoms with Crippen molar-refractivity contribution in [2.45, 2.75) is 38.6 Å². The van der Waals surface area contributed by atoms with Crippen molar-refractivity contribution in [2.75, 3.05) is 12.4 Å². The molecular formula is C14H20N2O. The summed E-state index contributed by atoms with van der Waals surface area (Å²) in [6.07, 6.45) is 4.73. The van der Waals surface area contributed by atoms with Gasteiger partial charge in [-0.15, -0.1) is 0 Å². The fourth-order valence-electron chi connectivity index (χ4n) is 2.42. The molecule has 0 saturated heterocycles. The van der Waals surface area contributed by atoms with Gasteiger partial charge in [0.05, 0.1) is 0 Å². The predicted molar refractivity (Wildman–Crippen MR) is 70.4 cm³/mol. The Morgan fingerprint density at radius 1 is 1.29 bits per heavy atom. The van der Waals surface area contributed by atoms with Gasteiger partial charge in [-0.2, -0.15) is 0 Å². The largest absolute Gasteiger partial charge is 0.388 e. The highest BCUT2D eigenvalue weighted by molar-refractivity contribution is 5.95. The second kappa shape index (κ2) is 5.21. The average Bonchev–Trinajstić information content (AvgIpc) is 2.81. The lowest BCUT2D eigenvalue weighted by molar-refractivity contribution is 0.0938. The molecule has 2 rings (SSSR count). The Morgan fingerprint density at radius 3 is 2.59 bits per heavy atom. The van der Waals surface area contributed by atoms with Crippen LogP contribution in [0.15, 0.2) is 18.2 Å². The molecule has 1 fully saturated rings. The van der Waals surface area contributed by atoms with E-state index >= 15 is 0 Å². The van der Waals surface area contributed by atoms with E-state index < -0.39 is 0 Å². The van der Waals surface area contributed by atoms with Crippen LogP contribution < -0.4 is 10.6 Å². The molecule has 0 aliphatic heterocycles. The predicted octanol–water partition coefficient (Wildman–Crippen LogP) is 2.71. The first-order valence-corrected chi connectivity index (χ1v) is 6.30. The minimum Gasteiger partial charge on any atom is -0.388 e. The maximum Gasteiger partial charge on any atom is 0.251 e. The van der Waals surface area contributed by atoms with E-state index in [9.17, 15) is 4.79 Å². The molecule has 2 N–H and O–H groups in total. The Hall–Kier alpha value is -1.51. The third kappa shape index (κ3) is 2.78. The van der Waals surface area contributed by atoms with Crippen LogP contribution >= 0.6 is 0 Å². The highest BCUT2D eigenvalue weighted by Crippen LogP contribution is 2.19. The van der Waals surface area contributed by atoms with E-state index in [1.807, 2.05) is 32.2 Å². The van der Waals surface area contributed by atoms with Gasteiger partial charge < -0.3 is 10.6 Å². The fraction of sp³-hybridized carbons (Fsp3) is 0.500. The van der Waals surface area contributed by atoms with Gasteiger partial charge in [0.25, 0.3) is 5.91 Å². The van der Waals surface area contributed by atoms with Crippen LogP contribution in [0.4, 0.5) is 5.69 Å². The Labute approximate surface area is 103 Å². The SMILES string of the molecule is CNc1ccc(C(=O)NC2CCCC2)cc1C. The van der Waals surface area contributed by atoms with E-state index in [1.54, 1.807) is 0 Å². The van der Waals surface area contributed by atoms with E-state index in [2.05, 4.69) is 10.6 Å². The molecule has 0 bridgehead atoms. The number of carbonyl (C=O) groups excluding carboxylic acids is 1. The summed E-state index contributed by atoms with van der Waals surface area (Å²) in [6.45, 7) is 2.01. The van der Waals surface area contributed by atoms with Gasteiger partial charge >= 0.3 is 0 Å². The van der Waals surface area contributed by atoms with Crippen molar-refractivity contribution in [2.24, 2.45) is 0 Å². The van der Waals surface area contributed by atoms with Crippen LogP contribution in [0.3, 0.4) is 0 Å². The quantitative estimate of drug-likeness (QED) is 0.841. The van der Waals surface area contributed by atoms with E-state index in [0.717, 1.165) is 29.7 Å². The van der Waals surface area contributed by atoms with Crippen molar-refractivity contribution in [3.05, 3.63) is 29.3 Å². The van der Waals surface area contributed by atoms with Crippen LogP contribution in [0, 0.1) is 6.92 Å². The minimum atomic E-state index is 0.0580.